The van der Waals surface area contributed by atoms with Crippen molar-refractivity contribution in [1.82, 2.24) is 0 Å². The quantitative estimate of drug-likeness (QED) is 0.701. The average molecular weight is 172 g/mol. The highest BCUT2D eigenvalue weighted by atomic mass is 16.5. The van der Waals surface area contributed by atoms with Crippen LogP contribution >= 0.6 is 0 Å². The number of hydrogen-bond acceptors (Lipinski definition) is 2. The summed E-state index contributed by atoms with van der Waals surface area (Å²) in [5.74, 6) is 0.455. The fourth-order valence-electron chi connectivity index (χ4n) is 1.57. The molecule has 0 amide bonds. The first-order valence-electron chi connectivity index (χ1n) is 4.73. The Bertz CT molecular complexity index is 152. The highest BCUT2D eigenvalue weighted by Crippen LogP contribution is 2.53. The monoisotopic (exact) mass is 172 g/mol. The van der Waals surface area contributed by atoms with Gasteiger partial charge in [0.25, 0.3) is 0 Å². The summed E-state index contributed by atoms with van der Waals surface area (Å²) in [5.41, 5.74) is 0.347. The Labute approximate surface area is 74.9 Å². The minimum absolute atomic E-state index is 0.224. The molecule has 0 aromatic carbocycles. The predicted octanol–water partition coefficient (Wildman–Crippen LogP) is 1.82. The third-order valence-corrected chi connectivity index (χ3v) is 2.65. The first-order chi connectivity index (χ1) is 5.43. The van der Waals surface area contributed by atoms with Crippen molar-refractivity contribution in [3.8, 4) is 0 Å². The predicted molar refractivity (Wildman–Crippen MR) is 49.0 cm³/mol. The van der Waals surface area contributed by atoms with Crippen LogP contribution in [0.2, 0.25) is 0 Å². The highest BCUT2D eigenvalue weighted by molar-refractivity contribution is 4.98. The van der Waals surface area contributed by atoms with Crippen molar-refractivity contribution in [3.05, 3.63) is 0 Å². The van der Waals surface area contributed by atoms with Gasteiger partial charge >= 0.3 is 0 Å². The van der Waals surface area contributed by atoms with Crippen molar-refractivity contribution in [2.45, 2.75) is 46.3 Å². The van der Waals surface area contributed by atoms with E-state index in [4.69, 9.17) is 4.74 Å². The van der Waals surface area contributed by atoms with Gasteiger partial charge in [-0.25, -0.2) is 0 Å². The van der Waals surface area contributed by atoms with E-state index in [1.165, 1.54) is 0 Å². The Hall–Kier alpha value is -0.0800. The van der Waals surface area contributed by atoms with Gasteiger partial charge in [0.2, 0.25) is 0 Å². The normalized spacial score (nSPS) is 29.0. The zero-order valence-corrected chi connectivity index (χ0v) is 8.50. The van der Waals surface area contributed by atoms with Gasteiger partial charge in [-0.15, -0.1) is 0 Å². The molecule has 0 saturated heterocycles. The zero-order valence-electron chi connectivity index (χ0n) is 8.50. The van der Waals surface area contributed by atoms with Crippen molar-refractivity contribution in [1.29, 1.82) is 0 Å². The van der Waals surface area contributed by atoms with E-state index in [1.54, 1.807) is 0 Å². The van der Waals surface area contributed by atoms with Crippen molar-refractivity contribution >= 4 is 0 Å². The lowest BCUT2D eigenvalue weighted by Gasteiger charge is -2.14. The Morgan fingerprint density at radius 3 is 2.33 bits per heavy atom. The minimum Gasteiger partial charge on any atom is -0.390 e. The lowest BCUT2D eigenvalue weighted by molar-refractivity contribution is -0.00770. The summed E-state index contributed by atoms with van der Waals surface area (Å²) in [6, 6.07) is 0. The molecule has 1 N–H and O–H groups in total. The molecule has 72 valence electrons. The van der Waals surface area contributed by atoms with E-state index in [-0.39, 0.29) is 12.2 Å². The zero-order chi connectivity index (χ0) is 9.35. The molecular weight excluding hydrogens is 152 g/mol. The maximum Gasteiger partial charge on any atom is 0.0807 e. The molecule has 1 aliphatic rings. The lowest BCUT2D eigenvalue weighted by Crippen LogP contribution is -2.22. The van der Waals surface area contributed by atoms with Crippen LogP contribution in [-0.4, -0.2) is 23.9 Å². The molecule has 2 atom stereocenters. The second-order valence-electron chi connectivity index (χ2n) is 4.75. The van der Waals surface area contributed by atoms with Crippen LogP contribution in [0.5, 0.6) is 0 Å². The van der Waals surface area contributed by atoms with Gasteiger partial charge in [0.15, 0.2) is 0 Å². The first-order valence-corrected chi connectivity index (χ1v) is 4.73. The summed E-state index contributed by atoms with van der Waals surface area (Å²) in [6.45, 7) is 8.85. The number of ether oxygens (including phenoxy) is 1. The van der Waals surface area contributed by atoms with Crippen LogP contribution in [0.3, 0.4) is 0 Å². The third-order valence-electron chi connectivity index (χ3n) is 2.65. The van der Waals surface area contributed by atoms with Crippen LogP contribution in [0.15, 0.2) is 0 Å². The third kappa shape index (κ3) is 2.46. The second kappa shape index (κ2) is 3.35. The first kappa shape index (κ1) is 10.0. The Morgan fingerprint density at radius 2 is 2.00 bits per heavy atom. The summed E-state index contributed by atoms with van der Waals surface area (Å²) in [6.07, 6.45) is 1.10. The Kier molecular flexibility index (Phi) is 2.79. The molecular formula is C10H20O2. The maximum absolute atomic E-state index is 9.65. The van der Waals surface area contributed by atoms with Crippen molar-refractivity contribution in [2.75, 3.05) is 6.61 Å². The number of hydrogen-bond donors (Lipinski definition) is 1. The van der Waals surface area contributed by atoms with E-state index in [0.717, 1.165) is 6.42 Å². The summed E-state index contributed by atoms with van der Waals surface area (Å²) < 4.78 is 5.35. The molecule has 1 saturated carbocycles. The van der Waals surface area contributed by atoms with Crippen LogP contribution in [-0.2, 0) is 4.74 Å². The molecule has 0 radical (unpaired) electrons. The molecule has 2 heteroatoms. The lowest BCUT2D eigenvalue weighted by atomic mass is 10.1. The SMILES string of the molecule is CC(C)OCC(O)C1CC1(C)C. The van der Waals surface area contributed by atoms with E-state index in [1.807, 2.05) is 13.8 Å². The van der Waals surface area contributed by atoms with Crippen molar-refractivity contribution in [3.63, 3.8) is 0 Å². The van der Waals surface area contributed by atoms with E-state index in [9.17, 15) is 5.11 Å². The van der Waals surface area contributed by atoms with Gasteiger partial charge < -0.3 is 9.84 Å². The fourth-order valence-corrected chi connectivity index (χ4v) is 1.57. The van der Waals surface area contributed by atoms with Gasteiger partial charge in [-0.2, -0.15) is 0 Å². The van der Waals surface area contributed by atoms with Crippen molar-refractivity contribution < 1.29 is 9.84 Å². The number of aliphatic hydroxyl groups excluding tert-OH is 1. The maximum atomic E-state index is 9.65. The molecule has 1 aliphatic carbocycles. The van der Waals surface area contributed by atoms with E-state index >= 15 is 0 Å². The van der Waals surface area contributed by atoms with Crippen LogP contribution in [0, 0.1) is 11.3 Å². The van der Waals surface area contributed by atoms with E-state index < -0.39 is 0 Å². The molecule has 0 aromatic heterocycles. The van der Waals surface area contributed by atoms with E-state index in [0.29, 0.717) is 17.9 Å². The summed E-state index contributed by atoms with van der Waals surface area (Å²) in [4.78, 5) is 0. The number of rotatable bonds is 4. The average Bonchev–Trinajstić information content (AvgIpc) is 2.55. The van der Waals surface area contributed by atoms with E-state index in [2.05, 4.69) is 13.8 Å². The second-order valence-corrected chi connectivity index (χ2v) is 4.75. The summed E-state index contributed by atoms with van der Waals surface area (Å²) in [5, 5.41) is 9.65. The molecule has 0 heterocycles. The van der Waals surface area contributed by atoms with Crippen LogP contribution in [0.4, 0.5) is 0 Å². The van der Waals surface area contributed by atoms with Gasteiger partial charge in [-0.05, 0) is 31.6 Å². The molecule has 0 aromatic rings. The van der Waals surface area contributed by atoms with Crippen LogP contribution < -0.4 is 0 Å². The van der Waals surface area contributed by atoms with Crippen molar-refractivity contribution in [2.24, 2.45) is 11.3 Å². The Balaban J connectivity index is 2.18. The molecule has 0 bridgehead atoms. The number of aliphatic hydroxyl groups is 1. The molecule has 0 aliphatic heterocycles. The fraction of sp³-hybridized carbons (Fsp3) is 1.00. The van der Waals surface area contributed by atoms with Crippen LogP contribution in [0.25, 0.3) is 0 Å². The summed E-state index contributed by atoms with van der Waals surface area (Å²) >= 11 is 0. The molecule has 2 unspecified atom stereocenters. The Morgan fingerprint density at radius 1 is 1.50 bits per heavy atom. The minimum atomic E-state index is -0.262. The topological polar surface area (TPSA) is 29.5 Å². The largest absolute Gasteiger partial charge is 0.390 e. The highest BCUT2D eigenvalue weighted by Gasteiger charge is 2.49. The molecule has 1 rings (SSSR count). The molecule has 0 spiro atoms. The van der Waals surface area contributed by atoms with Gasteiger partial charge in [0.1, 0.15) is 0 Å². The van der Waals surface area contributed by atoms with Crippen LogP contribution in [0.1, 0.15) is 34.1 Å². The molecule has 1 fully saturated rings. The van der Waals surface area contributed by atoms with Gasteiger partial charge in [-0.1, -0.05) is 13.8 Å². The van der Waals surface area contributed by atoms with Gasteiger partial charge in [-0.3, -0.25) is 0 Å². The summed E-state index contributed by atoms with van der Waals surface area (Å²) in [7, 11) is 0. The standard InChI is InChI=1S/C10H20O2/c1-7(2)12-6-9(11)8-5-10(8,3)4/h7-9,11H,5-6H2,1-4H3. The smallest absolute Gasteiger partial charge is 0.0807 e. The molecule has 12 heavy (non-hydrogen) atoms. The molecule has 2 nitrogen and oxygen atoms in total. The van der Waals surface area contributed by atoms with Gasteiger partial charge in [0.05, 0.1) is 18.8 Å². The van der Waals surface area contributed by atoms with Gasteiger partial charge in [0, 0.05) is 0 Å².